The second-order valence-corrected chi connectivity index (χ2v) is 5.32. The molecule has 21 heavy (non-hydrogen) atoms. The zero-order valence-corrected chi connectivity index (χ0v) is 12.5. The molecule has 1 aromatic heterocycles. The Bertz CT molecular complexity index is 514. The van der Waals surface area contributed by atoms with Gasteiger partial charge in [-0.15, -0.1) is 0 Å². The minimum atomic E-state index is -0.832. The molecule has 1 aliphatic heterocycles. The molecule has 0 spiro atoms. The Kier molecular flexibility index (Phi) is 4.95. The van der Waals surface area contributed by atoms with E-state index in [1.54, 1.807) is 10.9 Å². The van der Waals surface area contributed by atoms with Gasteiger partial charge in [-0.3, -0.25) is 19.2 Å². The molecule has 1 aliphatic rings. The molecule has 0 radical (unpaired) electrons. The van der Waals surface area contributed by atoms with Gasteiger partial charge >= 0.3 is 5.97 Å². The van der Waals surface area contributed by atoms with Crippen LogP contribution in [0.1, 0.15) is 25.8 Å². The van der Waals surface area contributed by atoms with E-state index in [0.29, 0.717) is 13.1 Å². The van der Waals surface area contributed by atoms with E-state index in [1.807, 2.05) is 24.9 Å². The van der Waals surface area contributed by atoms with Crippen molar-refractivity contribution in [1.29, 1.82) is 0 Å². The lowest BCUT2D eigenvalue weighted by Crippen LogP contribution is -2.55. The van der Waals surface area contributed by atoms with Crippen molar-refractivity contribution in [2.45, 2.75) is 39.4 Å². The first-order valence-electron chi connectivity index (χ1n) is 7.27. The third-order valence-corrected chi connectivity index (χ3v) is 3.88. The molecule has 1 saturated heterocycles. The summed E-state index contributed by atoms with van der Waals surface area (Å²) >= 11 is 0. The summed E-state index contributed by atoms with van der Waals surface area (Å²) in [6.45, 7) is 7.31. The number of piperazine rings is 1. The molecular formula is C14H22N4O3. The molecule has 116 valence electrons. The number of carboxylic acid groups (broad SMARTS) is 1. The van der Waals surface area contributed by atoms with Crippen LogP contribution in [0.25, 0.3) is 0 Å². The highest BCUT2D eigenvalue weighted by atomic mass is 16.4. The van der Waals surface area contributed by atoms with Crippen molar-refractivity contribution in [2.24, 2.45) is 0 Å². The van der Waals surface area contributed by atoms with E-state index in [9.17, 15) is 9.59 Å². The van der Waals surface area contributed by atoms with Gasteiger partial charge in [0.25, 0.3) is 0 Å². The average Bonchev–Trinajstić information content (AvgIpc) is 2.90. The highest BCUT2D eigenvalue weighted by Crippen LogP contribution is 2.14. The summed E-state index contributed by atoms with van der Waals surface area (Å²) in [7, 11) is 0. The van der Waals surface area contributed by atoms with Gasteiger partial charge in [-0.2, -0.15) is 5.10 Å². The third-order valence-electron chi connectivity index (χ3n) is 3.88. The smallest absolute Gasteiger partial charge is 0.305 e. The number of amides is 1. The van der Waals surface area contributed by atoms with E-state index in [2.05, 4.69) is 10.00 Å². The number of nitrogens with zero attached hydrogens (tertiary/aromatic N) is 4. The first-order valence-corrected chi connectivity index (χ1v) is 7.27. The molecule has 1 N–H and O–H groups in total. The van der Waals surface area contributed by atoms with Crippen LogP contribution in [-0.4, -0.2) is 62.2 Å². The van der Waals surface area contributed by atoms with Gasteiger partial charge in [0.1, 0.15) is 0 Å². The van der Waals surface area contributed by atoms with E-state index in [-0.39, 0.29) is 18.4 Å². The van der Waals surface area contributed by atoms with Gasteiger partial charge in [0, 0.05) is 37.9 Å². The number of likely N-dealkylation sites (N-methyl/N-ethyl adjacent to an activating group) is 1. The Hall–Kier alpha value is -1.89. The lowest BCUT2D eigenvalue weighted by atomic mass is 10.1. The lowest BCUT2D eigenvalue weighted by molar-refractivity contribution is -0.141. The molecule has 2 heterocycles. The van der Waals surface area contributed by atoms with Crippen molar-refractivity contribution in [2.75, 3.05) is 19.6 Å². The van der Waals surface area contributed by atoms with Crippen LogP contribution in [0.3, 0.4) is 0 Å². The molecule has 0 unspecified atom stereocenters. The van der Waals surface area contributed by atoms with Crippen LogP contribution in [0.5, 0.6) is 0 Å². The molecule has 1 fully saturated rings. The minimum absolute atomic E-state index is 0.0607. The van der Waals surface area contributed by atoms with Crippen molar-refractivity contribution < 1.29 is 14.7 Å². The Balaban J connectivity index is 1.93. The van der Waals surface area contributed by atoms with Gasteiger partial charge in [-0.1, -0.05) is 0 Å². The monoisotopic (exact) mass is 294 g/mol. The van der Waals surface area contributed by atoms with Gasteiger partial charge < -0.3 is 10.0 Å². The maximum Gasteiger partial charge on any atom is 0.305 e. The number of carboxylic acids is 1. The van der Waals surface area contributed by atoms with E-state index < -0.39 is 5.97 Å². The second kappa shape index (κ2) is 6.71. The number of hydrogen-bond acceptors (Lipinski definition) is 4. The van der Waals surface area contributed by atoms with Crippen LogP contribution in [-0.2, 0) is 22.7 Å². The Morgan fingerprint density at radius 2 is 2.24 bits per heavy atom. The molecule has 0 aliphatic carbocycles. The summed E-state index contributed by atoms with van der Waals surface area (Å²) in [6, 6.07) is -0.124. The van der Waals surface area contributed by atoms with Crippen molar-refractivity contribution in [3.63, 3.8) is 0 Å². The molecular weight excluding hydrogens is 272 g/mol. The highest BCUT2D eigenvalue weighted by Gasteiger charge is 2.30. The topological polar surface area (TPSA) is 78.7 Å². The maximum absolute atomic E-state index is 12.1. The summed E-state index contributed by atoms with van der Waals surface area (Å²) in [5.74, 6) is -0.663. The third kappa shape index (κ3) is 3.81. The van der Waals surface area contributed by atoms with Crippen LogP contribution >= 0.6 is 0 Å². The lowest BCUT2D eigenvalue weighted by Gasteiger charge is -2.38. The molecule has 7 heteroatoms. The van der Waals surface area contributed by atoms with Gasteiger partial charge in [0.15, 0.2) is 0 Å². The average molecular weight is 294 g/mol. The fourth-order valence-corrected chi connectivity index (χ4v) is 2.56. The second-order valence-electron chi connectivity index (χ2n) is 5.32. The Morgan fingerprint density at radius 3 is 2.90 bits per heavy atom. The summed E-state index contributed by atoms with van der Waals surface area (Å²) in [6.07, 6.45) is 3.66. The normalized spacial score (nSPS) is 20.0. The zero-order chi connectivity index (χ0) is 15.4. The van der Waals surface area contributed by atoms with Crippen molar-refractivity contribution in [3.8, 4) is 0 Å². The predicted molar refractivity (Wildman–Crippen MR) is 76.6 cm³/mol. The van der Waals surface area contributed by atoms with Gasteiger partial charge in [-0.05, 0) is 13.8 Å². The Labute approximate surface area is 124 Å². The molecule has 7 nitrogen and oxygen atoms in total. The van der Waals surface area contributed by atoms with Gasteiger partial charge in [0.05, 0.1) is 25.2 Å². The van der Waals surface area contributed by atoms with Crippen LogP contribution in [0, 0.1) is 0 Å². The van der Waals surface area contributed by atoms with Crippen molar-refractivity contribution >= 4 is 11.9 Å². The summed E-state index contributed by atoms with van der Waals surface area (Å²) in [4.78, 5) is 26.7. The van der Waals surface area contributed by atoms with E-state index >= 15 is 0 Å². The van der Waals surface area contributed by atoms with Crippen molar-refractivity contribution in [3.05, 3.63) is 18.0 Å². The van der Waals surface area contributed by atoms with E-state index in [0.717, 1.165) is 25.2 Å². The number of aliphatic carboxylic acids is 1. The van der Waals surface area contributed by atoms with Crippen LogP contribution in [0.2, 0.25) is 0 Å². The number of aromatic nitrogens is 2. The fourth-order valence-electron chi connectivity index (χ4n) is 2.56. The summed E-state index contributed by atoms with van der Waals surface area (Å²) in [5, 5.41) is 12.8. The molecule has 1 atom stereocenters. The largest absolute Gasteiger partial charge is 0.481 e. The molecule has 0 bridgehead atoms. The van der Waals surface area contributed by atoms with Gasteiger partial charge in [0.2, 0.25) is 5.91 Å². The minimum Gasteiger partial charge on any atom is -0.481 e. The van der Waals surface area contributed by atoms with Crippen LogP contribution < -0.4 is 0 Å². The number of carbonyl (C=O) groups is 2. The van der Waals surface area contributed by atoms with E-state index in [4.69, 9.17) is 5.11 Å². The highest BCUT2D eigenvalue weighted by molar-refractivity contribution is 5.82. The molecule has 1 aromatic rings. The summed E-state index contributed by atoms with van der Waals surface area (Å²) < 4.78 is 1.64. The first kappa shape index (κ1) is 15.5. The first-order chi connectivity index (χ1) is 10.0. The molecule has 2 rings (SSSR count). The standard InChI is InChI=1S/C14H22N4O3/c1-3-16-6-7-17(11(2)14(16)21)9-12-8-15-18(10-12)5-4-13(19)20/h8,10-11H,3-7,9H2,1-2H3,(H,19,20)/t11-/m0/s1. The number of hydrogen-bond donors (Lipinski definition) is 1. The zero-order valence-electron chi connectivity index (χ0n) is 12.5. The van der Waals surface area contributed by atoms with E-state index in [1.165, 1.54) is 0 Å². The van der Waals surface area contributed by atoms with Crippen LogP contribution in [0.4, 0.5) is 0 Å². The van der Waals surface area contributed by atoms with Crippen LogP contribution in [0.15, 0.2) is 12.4 Å². The van der Waals surface area contributed by atoms with Gasteiger partial charge in [-0.25, -0.2) is 0 Å². The number of aryl methyl sites for hydroxylation is 1. The van der Waals surface area contributed by atoms with Crippen molar-refractivity contribution in [1.82, 2.24) is 19.6 Å². The molecule has 0 aromatic carbocycles. The SMILES string of the molecule is CCN1CCN(Cc2cnn(CCC(=O)O)c2)[C@@H](C)C1=O. The number of rotatable bonds is 6. The predicted octanol–water partition coefficient (Wildman–Crippen LogP) is 0.410. The quantitative estimate of drug-likeness (QED) is 0.822. The number of carbonyl (C=O) groups excluding carboxylic acids is 1. The molecule has 0 saturated carbocycles. The molecule has 1 amide bonds. The summed E-state index contributed by atoms with van der Waals surface area (Å²) in [5.41, 5.74) is 1.00. The Morgan fingerprint density at radius 1 is 1.48 bits per heavy atom. The maximum atomic E-state index is 12.1. The fraction of sp³-hybridized carbons (Fsp3) is 0.643.